The summed E-state index contributed by atoms with van der Waals surface area (Å²) in [7, 11) is 0. The van der Waals surface area contributed by atoms with E-state index in [1.165, 1.54) is 6.07 Å². The Morgan fingerprint density at radius 3 is 2.82 bits per heavy atom. The zero-order valence-corrected chi connectivity index (χ0v) is 10.7. The quantitative estimate of drug-likeness (QED) is 0.899. The number of hydrogen-bond donors (Lipinski definition) is 1. The van der Waals surface area contributed by atoms with Crippen LogP contribution in [0.15, 0.2) is 29.6 Å². The fourth-order valence-electron chi connectivity index (χ4n) is 1.68. The lowest BCUT2D eigenvalue weighted by molar-refractivity contribution is 0.525. The van der Waals surface area contributed by atoms with Crippen molar-refractivity contribution in [2.24, 2.45) is 0 Å². The summed E-state index contributed by atoms with van der Waals surface area (Å²) in [5, 5.41) is 6.35. The molecular formula is C13H15FN2S. The van der Waals surface area contributed by atoms with Gasteiger partial charge in [-0.15, -0.1) is 11.3 Å². The molecule has 0 amide bonds. The highest BCUT2D eigenvalue weighted by atomic mass is 32.1. The molecule has 0 saturated heterocycles. The SMILES string of the molecule is Cc1nc(CN[C@H](C)c2ccccc2F)cs1. The molecule has 1 aromatic heterocycles. The zero-order chi connectivity index (χ0) is 12.3. The monoisotopic (exact) mass is 250 g/mol. The molecule has 4 heteroatoms. The van der Waals surface area contributed by atoms with Gasteiger partial charge in [0.25, 0.3) is 0 Å². The Labute approximate surface area is 105 Å². The highest BCUT2D eigenvalue weighted by Crippen LogP contribution is 2.17. The third-order valence-electron chi connectivity index (χ3n) is 2.63. The predicted molar refractivity (Wildman–Crippen MR) is 68.5 cm³/mol. The van der Waals surface area contributed by atoms with Crippen LogP contribution in [0, 0.1) is 12.7 Å². The second kappa shape index (κ2) is 5.38. The molecule has 17 heavy (non-hydrogen) atoms. The molecule has 0 aliphatic rings. The molecule has 0 saturated carbocycles. The van der Waals surface area contributed by atoms with Crippen molar-refractivity contribution < 1.29 is 4.39 Å². The van der Waals surface area contributed by atoms with Crippen molar-refractivity contribution in [2.75, 3.05) is 0 Å². The van der Waals surface area contributed by atoms with Crippen LogP contribution in [0.2, 0.25) is 0 Å². The minimum absolute atomic E-state index is 0.0155. The van der Waals surface area contributed by atoms with Gasteiger partial charge in [0, 0.05) is 23.5 Å². The summed E-state index contributed by atoms with van der Waals surface area (Å²) >= 11 is 1.63. The molecule has 2 aromatic rings. The summed E-state index contributed by atoms with van der Waals surface area (Å²) in [6, 6.07) is 6.83. The summed E-state index contributed by atoms with van der Waals surface area (Å²) < 4.78 is 13.5. The van der Waals surface area contributed by atoms with Gasteiger partial charge in [0.05, 0.1) is 10.7 Å². The molecule has 1 N–H and O–H groups in total. The second-order valence-corrected chi connectivity index (χ2v) is 5.04. The molecule has 0 fully saturated rings. The molecule has 0 aliphatic carbocycles. The van der Waals surface area contributed by atoms with Gasteiger partial charge in [-0.25, -0.2) is 9.37 Å². The maximum Gasteiger partial charge on any atom is 0.127 e. The topological polar surface area (TPSA) is 24.9 Å². The maximum atomic E-state index is 13.5. The Kier molecular flexibility index (Phi) is 3.86. The molecule has 0 aliphatic heterocycles. The van der Waals surface area contributed by atoms with Gasteiger partial charge < -0.3 is 5.32 Å². The van der Waals surface area contributed by atoms with E-state index in [4.69, 9.17) is 0 Å². The number of aromatic nitrogens is 1. The van der Waals surface area contributed by atoms with E-state index in [1.807, 2.05) is 25.3 Å². The first-order chi connectivity index (χ1) is 8.16. The molecule has 2 rings (SSSR count). The number of hydrogen-bond acceptors (Lipinski definition) is 3. The van der Waals surface area contributed by atoms with Crippen molar-refractivity contribution in [1.82, 2.24) is 10.3 Å². The normalized spacial score (nSPS) is 12.6. The lowest BCUT2D eigenvalue weighted by Gasteiger charge is -2.13. The Bertz CT molecular complexity index is 496. The molecule has 1 aromatic carbocycles. The van der Waals surface area contributed by atoms with Crippen molar-refractivity contribution >= 4 is 11.3 Å². The molecule has 0 radical (unpaired) electrons. The van der Waals surface area contributed by atoms with E-state index < -0.39 is 0 Å². The Hall–Kier alpha value is -1.26. The van der Waals surface area contributed by atoms with Crippen LogP contribution in [0.1, 0.15) is 29.2 Å². The summed E-state index contributed by atoms with van der Waals surface area (Å²) in [5.74, 6) is -0.165. The fraction of sp³-hybridized carbons (Fsp3) is 0.308. The van der Waals surface area contributed by atoms with E-state index in [2.05, 4.69) is 10.3 Å². The van der Waals surface area contributed by atoms with E-state index in [1.54, 1.807) is 23.5 Å². The standard InChI is InChI=1S/C13H15FN2S/c1-9(12-5-3-4-6-13(12)14)15-7-11-8-17-10(2)16-11/h3-6,8-9,15H,7H2,1-2H3/t9-/m1/s1. The van der Waals surface area contributed by atoms with Crippen LogP contribution < -0.4 is 5.32 Å². The third-order valence-corrected chi connectivity index (χ3v) is 3.45. The van der Waals surface area contributed by atoms with Crippen LogP contribution >= 0.6 is 11.3 Å². The lowest BCUT2D eigenvalue weighted by Crippen LogP contribution is -2.19. The Balaban J connectivity index is 1.98. The van der Waals surface area contributed by atoms with Gasteiger partial charge in [-0.1, -0.05) is 18.2 Å². The molecule has 1 atom stereocenters. The van der Waals surface area contributed by atoms with Gasteiger partial charge in [0.2, 0.25) is 0 Å². The van der Waals surface area contributed by atoms with Crippen molar-refractivity contribution in [3.63, 3.8) is 0 Å². The van der Waals surface area contributed by atoms with Gasteiger partial charge in [-0.2, -0.15) is 0 Å². The number of aryl methyl sites for hydroxylation is 1. The summed E-state index contributed by atoms with van der Waals surface area (Å²) in [4.78, 5) is 4.36. The van der Waals surface area contributed by atoms with E-state index in [9.17, 15) is 4.39 Å². The average Bonchev–Trinajstić information content (AvgIpc) is 2.73. The van der Waals surface area contributed by atoms with Crippen LogP contribution in [-0.2, 0) is 6.54 Å². The van der Waals surface area contributed by atoms with Crippen molar-refractivity contribution in [3.05, 3.63) is 51.7 Å². The minimum Gasteiger partial charge on any atom is -0.304 e. The third kappa shape index (κ3) is 3.11. The van der Waals surface area contributed by atoms with E-state index in [0.717, 1.165) is 10.7 Å². The van der Waals surface area contributed by atoms with Crippen molar-refractivity contribution in [3.8, 4) is 0 Å². The van der Waals surface area contributed by atoms with Crippen LogP contribution in [0.25, 0.3) is 0 Å². The van der Waals surface area contributed by atoms with Gasteiger partial charge >= 0.3 is 0 Å². The highest BCUT2D eigenvalue weighted by Gasteiger charge is 2.09. The molecule has 90 valence electrons. The zero-order valence-electron chi connectivity index (χ0n) is 9.90. The van der Waals surface area contributed by atoms with Gasteiger partial charge in [-0.05, 0) is 19.9 Å². The number of benzene rings is 1. The van der Waals surface area contributed by atoms with Crippen LogP contribution in [0.4, 0.5) is 4.39 Å². The molecule has 0 unspecified atom stereocenters. The number of nitrogens with one attached hydrogen (secondary N) is 1. The molecule has 0 bridgehead atoms. The summed E-state index contributed by atoms with van der Waals surface area (Å²) in [6.45, 7) is 4.60. The van der Waals surface area contributed by atoms with Gasteiger partial charge in [0.15, 0.2) is 0 Å². The fourth-order valence-corrected chi connectivity index (χ4v) is 2.30. The summed E-state index contributed by atoms with van der Waals surface area (Å²) in [5.41, 5.74) is 1.70. The predicted octanol–water partition coefficient (Wildman–Crippen LogP) is 3.44. The molecule has 1 heterocycles. The molecular weight excluding hydrogens is 235 g/mol. The van der Waals surface area contributed by atoms with E-state index in [0.29, 0.717) is 12.1 Å². The number of rotatable bonds is 4. The van der Waals surface area contributed by atoms with E-state index in [-0.39, 0.29) is 11.9 Å². The number of halogens is 1. The van der Waals surface area contributed by atoms with Gasteiger partial charge in [0.1, 0.15) is 5.82 Å². The first-order valence-corrected chi connectivity index (χ1v) is 6.43. The minimum atomic E-state index is -0.165. The van der Waals surface area contributed by atoms with Crippen molar-refractivity contribution in [2.45, 2.75) is 26.4 Å². The Morgan fingerprint density at radius 2 is 2.18 bits per heavy atom. The number of nitrogens with zero attached hydrogens (tertiary/aromatic N) is 1. The van der Waals surface area contributed by atoms with Crippen LogP contribution in [0.5, 0.6) is 0 Å². The first kappa shape index (κ1) is 12.2. The molecule has 0 spiro atoms. The highest BCUT2D eigenvalue weighted by molar-refractivity contribution is 7.09. The maximum absolute atomic E-state index is 13.5. The largest absolute Gasteiger partial charge is 0.304 e. The van der Waals surface area contributed by atoms with Crippen LogP contribution in [-0.4, -0.2) is 4.98 Å². The Morgan fingerprint density at radius 1 is 1.41 bits per heavy atom. The number of thiazole rings is 1. The smallest absolute Gasteiger partial charge is 0.127 e. The lowest BCUT2D eigenvalue weighted by atomic mass is 10.1. The van der Waals surface area contributed by atoms with Gasteiger partial charge in [-0.3, -0.25) is 0 Å². The average molecular weight is 250 g/mol. The summed E-state index contributed by atoms with van der Waals surface area (Å²) in [6.07, 6.45) is 0. The van der Waals surface area contributed by atoms with Crippen molar-refractivity contribution in [1.29, 1.82) is 0 Å². The first-order valence-electron chi connectivity index (χ1n) is 5.55. The van der Waals surface area contributed by atoms with Crippen LogP contribution in [0.3, 0.4) is 0 Å². The second-order valence-electron chi connectivity index (χ2n) is 3.98. The van der Waals surface area contributed by atoms with E-state index >= 15 is 0 Å². The molecule has 2 nitrogen and oxygen atoms in total.